The molecule has 2 aliphatic rings. The summed E-state index contributed by atoms with van der Waals surface area (Å²) in [5, 5.41) is 0. The molecule has 1 atom stereocenters. The Balaban J connectivity index is 2.00. The van der Waals surface area contributed by atoms with Crippen molar-refractivity contribution in [2.24, 2.45) is 5.73 Å². The topological polar surface area (TPSA) is 32.5 Å². The molecule has 2 aliphatic heterocycles. The summed E-state index contributed by atoms with van der Waals surface area (Å²) in [4.78, 5) is 5.04. The van der Waals surface area contributed by atoms with E-state index in [1.807, 2.05) is 0 Å². The van der Waals surface area contributed by atoms with E-state index in [0.29, 0.717) is 5.54 Å². The van der Waals surface area contributed by atoms with Crippen molar-refractivity contribution in [1.29, 1.82) is 0 Å². The van der Waals surface area contributed by atoms with Crippen molar-refractivity contribution in [2.45, 2.75) is 30.8 Å². The van der Waals surface area contributed by atoms with Gasteiger partial charge in [-0.2, -0.15) is 11.8 Å². The van der Waals surface area contributed by atoms with E-state index in [-0.39, 0.29) is 0 Å². The van der Waals surface area contributed by atoms with Crippen LogP contribution in [0.4, 0.5) is 0 Å². The Hall–Kier alpha value is 0.230. The Morgan fingerprint density at radius 2 is 2.06 bits per heavy atom. The van der Waals surface area contributed by atoms with Gasteiger partial charge in [-0.25, -0.2) is 0 Å². The Morgan fingerprint density at radius 1 is 1.38 bits per heavy atom. The lowest BCUT2D eigenvalue weighted by atomic mass is 9.90. The number of hydrogen-bond donors (Lipinski definition) is 1. The Bertz CT molecular complexity index is 226. The molecule has 16 heavy (non-hydrogen) atoms. The van der Waals surface area contributed by atoms with Gasteiger partial charge in [-0.1, -0.05) is 0 Å². The van der Waals surface area contributed by atoms with Crippen LogP contribution < -0.4 is 5.73 Å². The molecule has 4 heteroatoms. The molecule has 0 aromatic rings. The fourth-order valence-electron chi connectivity index (χ4n) is 2.99. The number of likely N-dealkylation sites (N-methyl/N-ethyl adjacent to an activating group) is 1. The van der Waals surface area contributed by atoms with E-state index < -0.39 is 0 Å². The number of nitrogens with two attached hydrogens (primary N) is 1. The lowest BCUT2D eigenvalue weighted by molar-refractivity contribution is 0.104. The molecule has 1 unspecified atom stereocenters. The van der Waals surface area contributed by atoms with E-state index in [0.717, 1.165) is 12.6 Å². The summed E-state index contributed by atoms with van der Waals surface area (Å²) in [5.74, 6) is 2.58. The van der Waals surface area contributed by atoms with Gasteiger partial charge in [0.05, 0.1) is 0 Å². The lowest BCUT2D eigenvalue weighted by Gasteiger charge is -2.44. The van der Waals surface area contributed by atoms with Crippen LogP contribution in [0.5, 0.6) is 0 Å². The molecule has 0 aromatic heterocycles. The van der Waals surface area contributed by atoms with E-state index in [2.05, 4.69) is 35.7 Å². The molecule has 2 rings (SSSR count). The maximum Gasteiger partial charge on any atom is 0.0348 e. The van der Waals surface area contributed by atoms with E-state index in [4.69, 9.17) is 5.73 Å². The molecule has 2 heterocycles. The second-order valence-electron chi connectivity index (χ2n) is 5.39. The van der Waals surface area contributed by atoms with Crippen molar-refractivity contribution in [3.05, 3.63) is 0 Å². The second-order valence-corrected chi connectivity index (χ2v) is 6.62. The molecule has 0 amide bonds. The highest BCUT2D eigenvalue weighted by Gasteiger charge is 2.40. The summed E-state index contributed by atoms with van der Waals surface area (Å²) in [5.41, 5.74) is 6.40. The number of hydrogen-bond acceptors (Lipinski definition) is 4. The highest BCUT2D eigenvalue weighted by Crippen LogP contribution is 2.34. The van der Waals surface area contributed by atoms with Gasteiger partial charge in [0.1, 0.15) is 0 Å². The minimum Gasteiger partial charge on any atom is -0.329 e. The number of nitrogens with zero attached hydrogens (tertiary/aromatic N) is 2. The van der Waals surface area contributed by atoms with E-state index in [1.165, 1.54) is 43.9 Å². The fourth-order valence-corrected chi connectivity index (χ4v) is 4.25. The number of likely N-dealkylation sites (tertiary alicyclic amines) is 1. The van der Waals surface area contributed by atoms with Crippen LogP contribution >= 0.6 is 11.8 Å². The largest absolute Gasteiger partial charge is 0.329 e. The van der Waals surface area contributed by atoms with Gasteiger partial charge in [-0.3, -0.25) is 4.90 Å². The molecule has 2 N–H and O–H groups in total. The third-order valence-electron chi connectivity index (χ3n) is 4.37. The predicted molar refractivity (Wildman–Crippen MR) is 72.0 cm³/mol. The minimum atomic E-state index is 0.329. The Labute approximate surface area is 104 Å². The second kappa shape index (κ2) is 5.25. The van der Waals surface area contributed by atoms with Gasteiger partial charge in [-0.05, 0) is 44.9 Å². The molecule has 0 aliphatic carbocycles. The van der Waals surface area contributed by atoms with E-state index >= 15 is 0 Å². The summed E-state index contributed by atoms with van der Waals surface area (Å²) >= 11 is 2.09. The molecule has 0 bridgehead atoms. The minimum absolute atomic E-state index is 0.329. The van der Waals surface area contributed by atoms with E-state index in [1.54, 1.807) is 0 Å². The van der Waals surface area contributed by atoms with Crippen molar-refractivity contribution >= 4 is 11.8 Å². The van der Waals surface area contributed by atoms with Crippen LogP contribution in [-0.2, 0) is 0 Å². The molecule has 0 saturated carbocycles. The number of thioether (sulfide) groups is 1. The van der Waals surface area contributed by atoms with Gasteiger partial charge in [0.15, 0.2) is 0 Å². The zero-order valence-electron chi connectivity index (χ0n) is 10.6. The standard InChI is InChI=1S/C12H25N3S/c1-14(2)11-3-6-15(9-11)12(10-13)4-7-16-8-5-12/h11H,3-10,13H2,1-2H3. The van der Waals surface area contributed by atoms with Crippen LogP contribution in [-0.4, -0.2) is 66.6 Å². The van der Waals surface area contributed by atoms with Gasteiger partial charge in [-0.15, -0.1) is 0 Å². The fraction of sp³-hybridized carbons (Fsp3) is 1.00. The molecule has 0 aromatic carbocycles. The monoisotopic (exact) mass is 243 g/mol. The highest BCUT2D eigenvalue weighted by atomic mass is 32.2. The SMILES string of the molecule is CN(C)C1CCN(C2(CN)CCSCC2)C1. The smallest absolute Gasteiger partial charge is 0.0348 e. The van der Waals surface area contributed by atoms with Crippen LogP contribution in [0, 0.1) is 0 Å². The summed E-state index contributed by atoms with van der Waals surface area (Å²) in [6.45, 7) is 3.30. The Morgan fingerprint density at radius 3 is 2.56 bits per heavy atom. The van der Waals surface area contributed by atoms with Crippen LogP contribution in [0.1, 0.15) is 19.3 Å². The first-order chi connectivity index (χ1) is 7.68. The molecule has 2 saturated heterocycles. The predicted octanol–water partition coefficient (Wildman–Crippen LogP) is 0.847. The van der Waals surface area contributed by atoms with Gasteiger partial charge in [0.2, 0.25) is 0 Å². The molecule has 2 fully saturated rings. The normalized spacial score (nSPS) is 31.1. The first-order valence-corrected chi connectivity index (χ1v) is 7.53. The molecule has 0 radical (unpaired) electrons. The van der Waals surface area contributed by atoms with Crippen molar-refractivity contribution in [2.75, 3.05) is 45.2 Å². The maximum absolute atomic E-state index is 6.08. The van der Waals surface area contributed by atoms with Gasteiger partial charge < -0.3 is 10.6 Å². The van der Waals surface area contributed by atoms with Crippen LogP contribution in [0.2, 0.25) is 0 Å². The van der Waals surface area contributed by atoms with Gasteiger partial charge >= 0.3 is 0 Å². The first-order valence-electron chi connectivity index (χ1n) is 6.37. The zero-order chi connectivity index (χ0) is 11.6. The van der Waals surface area contributed by atoms with Crippen LogP contribution in [0.15, 0.2) is 0 Å². The van der Waals surface area contributed by atoms with Crippen LogP contribution in [0.25, 0.3) is 0 Å². The summed E-state index contributed by atoms with van der Waals surface area (Å²) in [6.07, 6.45) is 3.88. The van der Waals surface area contributed by atoms with Crippen molar-refractivity contribution in [1.82, 2.24) is 9.80 Å². The van der Waals surface area contributed by atoms with Crippen molar-refractivity contribution in [3.63, 3.8) is 0 Å². The average molecular weight is 243 g/mol. The van der Waals surface area contributed by atoms with Gasteiger partial charge in [0, 0.05) is 31.2 Å². The van der Waals surface area contributed by atoms with Crippen molar-refractivity contribution in [3.8, 4) is 0 Å². The quantitative estimate of drug-likeness (QED) is 0.796. The lowest BCUT2D eigenvalue weighted by Crippen LogP contribution is -2.55. The van der Waals surface area contributed by atoms with E-state index in [9.17, 15) is 0 Å². The third-order valence-corrected chi connectivity index (χ3v) is 5.35. The zero-order valence-corrected chi connectivity index (χ0v) is 11.4. The van der Waals surface area contributed by atoms with Crippen molar-refractivity contribution < 1.29 is 0 Å². The summed E-state index contributed by atoms with van der Waals surface area (Å²) in [6, 6.07) is 0.734. The van der Waals surface area contributed by atoms with Gasteiger partial charge in [0.25, 0.3) is 0 Å². The Kier molecular flexibility index (Phi) is 4.16. The molecular weight excluding hydrogens is 218 g/mol. The molecule has 0 spiro atoms. The highest BCUT2D eigenvalue weighted by molar-refractivity contribution is 7.99. The van der Waals surface area contributed by atoms with Crippen LogP contribution in [0.3, 0.4) is 0 Å². The maximum atomic E-state index is 6.08. The molecular formula is C12H25N3S. The molecule has 94 valence electrons. The average Bonchev–Trinajstić information content (AvgIpc) is 2.80. The summed E-state index contributed by atoms with van der Waals surface area (Å²) < 4.78 is 0. The summed E-state index contributed by atoms with van der Waals surface area (Å²) in [7, 11) is 4.39. The molecule has 3 nitrogen and oxygen atoms in total. The number of rotatable bonds is 3. The first kappa shape index (κ1) is 12.7. The third kappa shape index (κ3) is 2.40.